The number of nitrogens with one attached hydrogen (secondary N) is 2. The molecular weight excluding hydrogens is 210 g/mol. The highest BCUT2D eigenvalue weighted by molar-refractivity contribution is 5.43. The Bertz CT molecular complexity index is 349. The molecule has 0 spiro atoms. The monoisotopic (exact) mass is 226 g/mol. The molecule has 1 aromatic carbocycles. The van der Waals surface area contributed by atoms with Crippen LogP contribution in [0.4, 0.5) is 14.5 Å². The van der Waals surface area contributed by atoms with E-state index >= 15 is 0 Å². The highest BCUT2D eigenvalue weighted by Gasteiger charge is 2.31. The van der Waals surface area contributed by atoms with E-state index in [0.29, 0.717) is 18.7 Å². The predicted molar refractivity (Wildman–Crippen MR) is 60.8 cm³/mol. The summed E-state index contributed by atoms with van der Waals surface area (Å²) in [5.41, 5.74) is -0.590. The zero-order valence-corrected chi connectivity index (χ0v) is 9.10. The average Bonchev–Trinajstić information content (AvgIpc) is 2.28. The number of alkyl halides is 1. The van der Waals surface area contributed by atoms with Crippen molar-refractivity contribution in [3.8, 4) is 0 Å². The molecule has 88 valence electrons. The van der Waals surface area contributed by atoms with Gasteiger partial charge in [-0.1, -0.05) is 6.07 Å². The average molecular weight is 226 g/mol. The van der Waals surface area contributed by atoms with Gasteiger partial charge in [0.25, 0.3) is 0 Å². The smallest absolute Gasteiger partial charge is 0.140 e. The topological polar surface area (TPSA) is 24.1 Å². The molecule has 0 aromatic heterocycles. The molecule has 0 amide bonds. The lowest BCUT2D eigenvalue weighted by Crippen LogP contribution is -2.46. The van der Waals surface area contributed by atoms with Crippen LogP contribution in [0.3, 0.4) is 0 Å². The minimum absolute atomic E-state index is 0.226. The normalized spacial score (nSPS) is 25.4. The van der Waals surface area contributed by atoms with Crippen LogP contribution < -0.4 is 10.6 Å². The van der Waals surface area contributed by atoms with Gasteiger partial charge in [-0.2, -0.15) is 0 Å². The largest absolute Gasteiger partial charge is 0.382 e. The molecule has 1 fully saturated rings. The summed E-state index contributed by atoms with van der Waals surface area (Å²) in [5.74, 6) is -0.306. The number of rotatable bonds is 3. The van der Waals surface area contributed by atoms with Gasteiger partial charge in [0.2, 0.25) is 0 Å². The first kappa shape index (κ1) is 11.3. The van der Waals surface area contributed by atoms with E-state index in [4.69, 9.17) is 0 Å². The summed E-state index contributed by atoms with van der Waals surface area (Å²) in [5, 5.41) is 5.97. The van der Waals surface area contributed by atoms with Crippen molar-refractivity contribution in [1.82, 2.24) is 5.32 Å². The van der Waals surface area contributed by atoms with Crippen LogP contribution in [-0.4, -0.2) is 25.3 Å². The highest BCUT2D eigenvalue weighted by atomic mass is 19.1. The summed E-state index contributed by atoms with van der Waals surface area (Å²) in [6.07, 6.45) is 1.41. The van der Waals surface area contributed by atoms with E-state index in [1.165, 1.54) is 12.1 Å². The van der Waals surface area contributed by atoms with Gasteiger partial charge in [-0.3, -0.25) is 0 Å². The molecule has 1 aliphatic heterocycles. The number of benzene rings is 1. The van der Waals surface area contributed by atoms with Crippen molar-refractivity contribution >= 4 is 5.69 Å². The summed E-state index contributed by atoms with van der Waals surface area (Å²) >= 11 is 0. The number of hydrogen-bond donors (Lipinski definition) is 2. The quantitative estimate of drug-likeness (QED) is 0.826. The predicted octanol–water partition coefficient (Wildman–Crippen LogP) is 2.33. The molecular formula is C12H16F2N2. The Kier molecular flexibility index (Phi) is 3.39. The maximum atomic E-state index is 14.1. The Morgan fingerprint density at radius 3 is 3.00 bits per heavy atom. The lowest BCUT2D eigenvalue weighted by atomic mass is 9.96. The van der Waals surface area contributed by atoms with Gasteiger partial charge in [0.1, 0.15) is 11.5 Å². The second-order valence-electron chi connectivity index (χ2n) is 4.30. The third-order valence-corrected chi connectivity index (χ3v) is 2.85. The first-order chi connectivity index (χ1) is 7.68. The minimum Gasteiger partial charge on any atom is -0.382 e. The van der Waals surface area contributed by atoms with E-state index in [9.17, 15) is 8.78 Å². The molecule has 4 heteroatoms. The van der Waals surface area contributed by atoms with Gasteiger partial charge in [-0.15, -0.1) is 0 Å². The van der Waals surface area contributed by atoms with Gasteiger partial charge in [0, 0.05) is 12.2 Å². The Hall–Kier alpha value is -1.16. The third kappa shape index (κ3) is 2.92. The molecule has 0 bridgehead atoms. The first-order valence-electron chi connectivity index (χ1n) is 5.57. The molecule has 2 N–H and O–H groups in total. The SMILES string of the molecule is Fc1cccc(NCC2(F)CCCNC2)c1. The van der Waals surface area contributed by atoms with Crippen molar-refractivity contribution < 1.29 is 8.78 Å². The lowest BCUT2D eigenvalue weighted by molar-refractivity contribution is 0.137. The third-order valence-electron chi connectivity index (χ3n) is 2.85. The molecule has 1 aromatic rings. The standard InChI is InChI=1S/C12H16F2N2/c13-10-3-1-4-11(7-10)16-9-12(14)5-2-6-15-8-12/h1,3-4,7,15-16H,2,5-6,8-9H2. The summed E-state index contributed by atoms with van der Waals surface area (Å²) in [4.78, 5) is 0. The number of piperidine rings is 1. The van der Waals surface area contributed by atoms with Gasteiger partial charge in [-0.25, -0.2) is 8.78 Å². The molecule has 0 saturated carbocycles. The summed E-state index contributed by atoms with van der Waals surface area (Å²) in [7, 11) is 0. The van der Waals surface area contributed by atoms with Crippen molar-refractivity contribution in [2.45, 2.75) is 18.5 Å². The summed E-state index contributed by atoms with van der Waals surface area (Å²) in [6, 6.07) is 6.10. The van der Waals surface area contributed by atoms with Crippen LogP contribution in [-0.2, 0) is 0 Å². The van der Waals surface area contributed by atoms with Crippen LogP contribution >= 0.6 is 0 Å². The van der Waals surface area contributed by atoms with Crippen molar-refractivity contribution in [1.29, 1.82) is 0 Å². The van der Waals surface area contributed by atoms with Gasteiger partial charge in [-0.05, 0) is 37.6 Å². The van der Waals surface area contributed by atoms with E-state index in [0.717, 1.165) is 13.0 Å². The van der Waals surface area contributed by atoms with Crippen LogP contribution in [0.25, 0.3) is 0 Å². The van der Waals surface area contributed by atoms with E-state index in [1.807, 2.05) is 0 Å². The molecule has 16 heavy (non-hydrogen) atoms. The Balaban J connectivity index is 1.91. The van der Waals surface area contributed by atoms with E-state index in [1.54, 1.807) is 12.1 Å². The Labute approximate surface area is 94.0 Å². The van der Waals surface area contributed by atoms with E-state index in [-0.39, 0.29) is 12.4 Å². The fourth-order valence-corrected chi connectivity index (χ4v) is 1.94. The van der Waals surface area contributed by atoms with Gasteiger partial charge >= 0.3 is 0 Å². The molecule has 2 rings (SSSR count). The molecule has 0 radical (unpaired) electrons. The van der Waals surface area contributed by atoms with E-state index in [2.05, 4.69) is 10.6 Å². The van der Waals surface area contributed by atoms with Crippen molar-refractivity contribution in [2.24, 2.45) is 0 Å². The number of anilines is 1. The van der Waals surface area contributed by atoms with Crippen molar-refractivity contribution in [3.63, 3.8) is 0 Å². The molecule has 1 heterocycles. The second-order valence-corrected chi connectivity index (χ2v) is 4.30. The summed E-state index contributed by atoms with van der Waals surface area (Å²) in [6.45, 7) is 1.48. The Morgan fingerprint density at radius 1 is 1.44 bits per heavy atom. The minimum atomic E-state index is -1.22. The zero-order valence-electron chi connectivity index (χ0n) is 9.10. The molecule has 1 aliphatic rings. The molecule has 1 saturated heterocycles. The Morgan fingerprint density at radius 2 is 2.31 bits per heavy atom. The van der Waals surface area contributed by atoms with Gasteiger partial charge in [0.15, 0.2) is 0 Å². The van der Waals surface area contributed by atoms with Crippen LogP contribution in [0.15, 0.2) is 24.3 Å². The molecule has 0 aliphatic carbocycles. The van der Waals surface area contributed by atoms with E-state index < -0.39 is 5.67 Å². The van der Waals surface area contributed by atoms with Crippen LogP contribution in [0.5, 0.6) is 0 Å². The highest BCUT2D eigenvalue weighted by Crippen LogP contribution is 2.21. The van der Waals surface area contributed by atoms with Crippen LogP contribution in [0.2, 0.25) is 0 Å². The maximum Gasteiger partial charge on any atom is 0.140 e. The van der Waals surface area contributed by atoms with Crippen molar-refractivity contribution in [2.75, 3.05) is 25.0 Å². The number of halogens is 2. The fourth-order valence-electron chi connectivity index (χ4n) is 1.94. The van der Waals surface area contributed by atoms with Gasteiger partial charge < -0.3 is 10.6 Å². The second kappa shape index (κ2) is 4.78. The molecule has 1 unspecified atom stereocenters. The fraction of sp³-hybridized carbons (Fsp3) is 0.500. The van der Waals surface area contributed by atoms with Crippen molar-refractivity contribution in [3.05, 3.63) is 30.1 Å². The molecule has 1 atom stereocenters. The lowest BCUT2D eigenvalue weighted by Gasteiger charge is -2.30. The van der Waals surface area contributed by atoms with Crippen LogP contribution in [0, 0.1) is 5.82 Å². The van der Waals surface area contributed by atoms with Crippen LogP contribution in [0.1, 0.15) is 12.8 Å². The zero-order chi connectivity index (χ0) is 11.4. The first-order valence-corrected chi connectivity index (χ1v) is 5.57. The maximum absolute atomic E-state index is 14.1. The van der Waals surface area contributed by atoms with Gasteiger partial charge in [0.05, 0.1) is 6.54 Å². The summed E-state index contributed by atoms with van der Waals surface area (Å²) < 4.78 is 27.0. The number of hydrogen-bond acceptors (Lipinski definition) is 2. The molecule has 2 nitrogen and oxygen atoms in total.